The SMILES string of the molecule is Cc1cccnc1[C@H]1CCC[C@@H](c2ncccc2C)N1Cc1cccc(CN)c1. The lowest BCUT2D eigenvalue weighted by atomic mass is 9.88. The summed E-state index contributed by atoms with van der Waals surface area (Å²) in [5, 5.41) is 0. The van der Waals surface area contributed by atoms with Crippen LogP contribution in [0.4, 0.5) is 0 Å². The van der Waals surface area contributed by atoms with Crippen LogP contribution < -0.4 is 5.73 Å². The molecular weight excluding hydrogens is 356 g/mol. The van der Waals surface area contributed by atoms with Gasteiger partial charge in [0.25, 0.3) is 0 Å². The molecule has 2 N–H and O–H groups in total. The first kappa shape index (κ1) is 19.7. The maximum atomic E-state index is 5.89. The highest BCUT2D eigenvalue weighted by atomic mass is 15.2. The third kappa shape index (κ3) is 4.24. The van der Waals surface area contributed by atoms with Crippen molar-refractivity contribution in [3.8, 4) is 0 Å². The molecule has 0 spiro atoms. The van der Waals surface area contributed by atoms with E-state index in [1.54, 1.807) is 0 Å². The third-order valence-electron chi connectivity index (χ3n) is 6.08. The predicted molar refractivity (Wildman–Crippen MR) is 117 cm³/mol. The first-order chi connectivity index (χ1) is 14.2. The van der Waals surface area contributed by atoms with Crippen molar-refractivity contribution in [3.05, 3.63) is 94.6 Å². The van der Waals surface area contributed by atoms with Gasteiger partial charge in [-0.15, -0.1) is 0 Å². The summed E-state index contributed by atoms with van der Waals surface area (Å²) in [6.45, 7) is 5.78. The molecule has 0 saturated carbocycles. The second-order valence-corrected chi connectivity index (χ2v) is 8.07. The van der Waals surface area contributed by atoms with Gasteiger partial charge in [-0.3, -0.25) is 14.9 Å². The van der Waals surface area contributed by atoms with Crippen molar-refractivity contribution in [1.82, 2.24) is 14.9 Å². The molecule has 1 aromatic carbocycles. The van der Waals surface area contributed by atoms with Crippen LogP contribution in [-0.4, -0.2) is 14.9 Å². The quantitative estimate of drug-likeness (QED) is 0.669. The monoisotopic (exact) mass is 386 g/mol. The minimum atomic E-state index is 0.290. The topological polar surface area (TPSA) is 55.0 Å². The second kappa shape index (κ2) is 8.85. The third-order valence-corrected chi connectivity index (χ3v) is 6.08. The van der Waals surface area contributed by atoms with E-state index in [-0.39, 0.29) is 12.1 Å². The Morgan fingerprint density at radius 1 is 0.862 bits per heavy atom. The molecule has 2 atom stereocenters. The van der Waals surface area contributed by atoms with Crippen LogP contribution in [0.15, 0.2) is 60.9 Å². The summed E-state index contributed by atoms with van der Waals surface area (Å²) in [4.78, 5) is 12.2. The maximum Gasteiger partial charge on any atom is 0.0604 e. The smallest absolute Gasteiger partial charge is 0.0604 e. The fraction of sp³-hybridized carbons (Fsp3) is 0.360. The molecule has 0 amide bonds. The average molecular weight is 387 g/mol. The number of aryl methyl sites for hydroxylation is 2. The molecule has 1 aliphatic rings. The average Bonchev–Trinajstić information content (AvgIpc) is 2.75. The van der Waals surface area contributed by atoms with E-state index in [4.69, 9.17) is 15.7 Å². The standard InChI is InChI=1S/C25H30N4/c1-18-7-5-13-27-24(18)22-11-4-12-23(25-19(2)8-6-14-28-25)29(22)17-21-10-3-9-20(15-21)16-26/h3,5-10,13-15,22-23H,4,11-12,16-17,26H2,1-2H3/t22-,23+. The van der Waals surface area contributed by atoms with Crippen molar-refractivity contribution in [2.45, 2.75) is 58.3 Å². The van der Waals surface area contributed by atoms with E-state index >= 15 is 0 Å². The van der Waals surface area contributed by atoms with E-state index < -0.39 is 0 Å². The molecule has 0 aliphatic carbocycles. The summed E-state index contributed by atoms with van der Waals surface area (Å²) >= 11 is 0. The summed E-state index contributed by atoms with van der Waals surface area (Å²) in [6, 6.07) is 17.6. The Morgan fingerprint density at radius 3 is 2.00 bits per heavy atom. The largest absolute Gasteiger partial charge is 0.326 e. The zero-order chi connectivity index (χ0) is 20.2. The van der Waals surface area contributed by atoms with E-state index in [1.165, 1.54) is 40.1 Å². The molecule has 4 heteroatoms. The molecule has 4 rings (SSSR count). The molecular formula is C25H30N4. The number of hydrogen-bond acceptors (Lipinski definition) is 4. The van der Waals surface area contributed by atoms with Crippen LogP contribution in [0.3, 0.4) is 0 Å². The first-order valence-electron chi connectivity index (χ1n) is 10.5. The lowest BCUT2D eigenvalue weighted by molar-refractivity contribution is 0.0678. The lowest BCUT2D eigenvalue weighted by Gasteiger charge is -2.42. The van der Waals surface area contributed by atoms with Gasteiger partial charge in [-0.1, -0.05) is 36.4 Å². The van der Waals surface area contributed by atoms with Gasteiger partial charge in [0.05, 0.1) is 23.5 Å². The number of likely N-dealkylation sites (tertiary alicyclic amines) is 1. The van der Waals surface area contributed by atoms with Crippen LogP contribution in [0.1, 0.15) is 65.0 Å². The fourth-order valence-corrected chi connectivity index (χ4v) is 4.62. The number of piperidine rings is 1. The van der Waals surface area contributed by atoms with Crippen molar-refractivity contribution in [2.75, 3.05) is 0 Å². The van der Waals surface area contributed by atoms with Gasteiger partial charge >= 0.3 is 0 Å². The lowest BCUT2D eigenvalue weighted by Crippen LogP contribution is -2.37. The minimum absolute atomic E-state index is 0.290. The molecule has 0 bridgehead atoms. The number of hydrogen-bond donors (Lipinski definition) is 1. The van der Waals surface area contributed by atoms with Gasteiger partial charge < -0.3 is 5.73 Å². The predicted octanol–water partition coefficient (Wildman–Crippen LogP) is 5.02. The van der Waals surface area contributed by atoms with E-state index in [0.29, 0.717) is 6.54 Å². The first-order valence-corrected chi connectivity index (χ1v) is 10.5. The Hall–Kier alpha value is -2.56. The molecule has 2 aromatic heterocycles. The highest BCUT2D eigenvalue weighted by Crippen LogP contribution is 2.43. The van der Waals surface area contributed by atoms with Gasteiger partial charge in [-0.25, -0.2) is 0 Å². The summed E-state index contributed by atoms with van der Waals surface area (Å²) in [5.41, 5.74) is 13.3. The highest BCUT2D eigenvalue weighted by molar-refractivity contribution is 5.28. The van der Waals surface area contributed by atoms with Crippen LogP contribution in [-0.2, 0) is 13.1 Å². The number of nitrogens with zero attached hydrogens (tertiary/aromatic N) is 3. The molecule has 3 aromatic rings. The number of benzene rings is 1. The fourth-order valence-electron chi connectivity index (χ4n) is 4.62. The Morgan fingerprint density at radius 2 is 1.45 bits per heavy atom. The summed E-state index contributed by atoms with van der Waals surface area (Å²) in [7, 11) is 0. The molecule has 0 unspecified atom stereocenters. The van der Waals surface area contributed by atoms with Gasteiger partial charge in [-0.2, -0.15) is 0 Å². The van der Waals surface area contributed by atoms with Crippen LogP contribution in [0, 0.1) is 13.8 Å². The van der Waals surface area contributed by atoms with E-state index in [1.807, 2.05) is 24.5 Å². The van der Waals surface area contributed by atoms with Gasteiger partial charge in [0, 0.05) is 25.5 Å². The second-order valence-electron chi connectivity index (χ2n) is 8.07. The molecule has 150 valence electrons. The Kier molecular flexibility index (Phi) is 6.02. The zero-order valence-corrected chi connectivity index (χ0v) is 17.4. The molecule has 0 radical (unpaired) electrons. The number of nitrogens with two attached hydrogens (primary N) is 1. The van der Waals surface area contributed by atoms with E-state index in [2.05, 4.69) is 55.1 Å². The summed E-state index contributed by atoms with van der Waals surface area (Å²) in [6.07, 6.45) is 7.27. The number of pyridine rings is 2. The number of rotatable bonds is 5. The van der Waals surface area contributed by atoms with Crippen molar-refractivity contribution < 1.29 is 0 Å². The van der Waals surface area contributed by atoms with Crippen LogP contribution in [0.25, 0.3) is 0 Å². The molecule has 4 nitrogen and oxygen atoms in total. The van der Waals surface area contributed by atoms with Crippen molar-refractivity contribution in [3.63, 3.8) is 0 Å². The van der Waals surface area contributed by atoms with Crippen molar-refractivity contribution in [2.24, 2.45) is 5.73 Å². The molecule has 1 aliphatic heterocycles. The molecule has 1 fully saturated rings. The van der Waals surface area contributed by atoms with E-state index in [0.717, 1.165) is 19.4 Å². The normalized spacial score (nSPS) is 20.0. The van der Waals surface area contributed by atoms with Crippen LogP contribution >= 0.6 is 0 Å². The van der Waals surface area contributed by atoms with Crippen molar-refractivity contribution in [1.29, 1.82) is 0 Å². The Balaban J connectivity index is 1.76. The van der Waals surface area contributed by atoms with Gasteiger partial charge in [-0.05, 0) is 67.5 Å². The maximum absolute atomic E-state index is 5.89. The van der Waals surface area contributed by atoms with Gasteiger partial charge in [0.1, 0.15) is 0 Å². The van der Waals surface area contributed by atoms with Gasteiger partial charge in [0.2, 0.25) is 0 Å². The summed E-state index contributed by atoms with van der Waals surface area (Å²) in [5.74, 6) is 0. The Bertz CT molecular complexity index is 915. The molecule has 29 heavy (non-hydrogen) atoms. The van der Waals surface area contributed by atoms with Crippen LogP contribution in [0.5, 0.6) is 0 Å². The Labute approximate surface area is 173 Å². The summed E-state index contributed by atoms with van der Waals surface area (Å²) < 4.78 is 0. The highest BCUT2D eigenvalue weighted by Gasteiger charge is 2.35. The van der Waals surface area contributed by atoms with Gasteiger partial charge in [0.15, 0.2) is 0 Å². The molecule has 1 saturated heterocycles. The van der Waals surface area contributed by atoms with Crippen LogP contribution in [0.2, 0.25) is 0 Å². The number of aromatic nitrogens is 2. The minimum Gasteiger partial charge on any atom is -0.326 e. The van der Waals surface area contributed by atoms with Crippen molar-refractivity contribution >= 4 is 0 Å². The zero-order valence-electron chi connectivity index (χ0n) is 17.4. The molecule has 3 heterocycles. The van der Waals surface area contributed by atoms with E-state index in [9.17, 15) is 0 Å².